The van der Waals surface area contributed by atoms with Crippen molar-refractivity contribution in [2.45, 2.75) is 32.9 Å². The molecular formula is C33H30F4N6O. The first kappa shape index (κ1) is 29.3. The highest BCUT2D eigenvalue weighted by molar-refractivity contribution is 5.94. The van der Waals surface area contributed by atoms with Crippen LogP contribution in [-0.2, 0) is 12.6 Å². The smallest absolute Gasteiger partial charge is 0.354 e. The van der Waals surface area contributed by atoms with Gasteiger partial charge >= 0.3 is 6.18 Å². The number of alkyl halides is 3. The van der Waals surface area contributed by atoms with Gasteiger partial charge in [0.2, 0.25) is 0 Å². The zero-order valence-electron chi connectivity index (χ0n) is 24.3. The van der Waals surface area contributed by atoms with Crippen LogP contribution in [0, 0.1) is 19.7 Å². The van der Waals surface area contributed by atoms with Gasteiger partial charge in [-0.25, -0.2) is 19.0 Å². The number of fused-ring (bicyclic) bond motifs is 1. The fraction of sp³-hybridized carbons (Fsp3) is 0.273. The van der Waals surface area contributed by atoms with Crippen LogP contribution in [0.5, 0.6) is 0 Å². The summed E-state index contributed by atoms with van der Waals surface area (Å²) in [6, 6.07) is 18.6. The molecule has 3 aromatic carbocycles. The van der Waals surface area contributed by atoms with Crippen molar-refractivity contribution in [1.82, 2.24) is 24.6 Å². The molecule has 1 amide bonds. The predicted octanol–water partition coefficient (Wildman–Crippen LogP) is 6.53. The minimum absolute atomic E-state index is 0.215. The Bertz CT molecular complexity index is 1800. The number of benzene rings is 3. The molecule has 0 unspecified atom stereocenters. The molecule has 1 fully saturated rings. The number of amides is 1. The molecule has 1 aliphatic rings. The van der Waals surface area contributed by atoms with Crippen molar-refractivity contribution in [3.63, 3.8) is 0 Å². The third-order valence-electron chi connectivity index (χ3n) is 7.83. The minimum Gasteiger partial charge on any atom is -0.354 e. The number of nitrogens with zero attached hydrogens (tertiary/aromatic N) is 6. The molecule has 11 heteroatoms. The summed E-state index contributed by atoms with van der Waals surface area (Å²) < 4.78 is 54.5. The van der Waals surface area contributed by atoms with Crippen LogP contribution in [0.4, 0.5) is 23.4 Å². The van der Waals surface area contributed by atoms with Crippen LogP contribution in [0.25, 0.3) is 16.7 Å². The number of aryl methyl sites for hydroxylation is 2. The van der Waals surface area contributed by atoms with Gasteiger partial charge in [0, 0.05) is 38.2 Å². The monoisotopic (exact) mass is 602 g/mol. The highest BCUT2D eigenvalue weighted by Crippen LogP contribution is 2.31. The lowest BCUT2D eigenvalue weighted by atomic mass is 10.1. The second-order valence-electron chi connectivity index (χ2n) is 11.0. The van der Waals surface area contributed by atoms with E-state index in [9.17, 15) is 22.4 Å². The van der Waals surface area contributed by atoms with E-state index in [4.69, 9.17) is 15.1 Å². The molecule has 0 N–H and O–H groups in total. The summed E-state index contributed by atoms with van der Waals surface area (Å²) in [5.41, 5.74) is 3.60. The maximum atomic E-state index is 13.7. The topological polar surface area (TPSA) is 67.2 Å². The summed E-state index contributed by atoms with van der Waals surface area (Å²) in [5.74, 6) is 0.638. The van der Waals surface area contributed by atoms with Gasteiger partial charge in [-0.2, -0.15) is 18.3 Å². The number of rotatable bonds is 5. The first-order chi connectivity index (χ1) is 21.1. The van der Waals surface area contributed by atoms with Gasteiger partial charge in [-0.05, 0) is 74.4 Å². The zero-order valence-corrected chi connectivity index (χ0v) is 24.3. The van der Waals surface area contributed by atoms with Crippen LogP contribution in [0.1, 0.15) is 45.0 Å². The molecule has 6 rings (SSSR count). The van der Waals surface area contributed by atoms with Crippen LogP contribution in [0.15, 0.2) is 72.8 Å². The van der Waals surface area contributed by atoms with Crippen molar-refractivity contribution in [3.8, 4) is 5.69 Å². The highest BCUT2D eigenvalue weighted by atomic mass is 19.4. The summed E-state index contributed by atoms with van der Waals surface area (Å²) in [4.78, 5) is 27.0. The summed E-state index contributed by atoms with van der Waals surface area (Å²) in [5, 5.41) is 5.52. The third kappa shape index (κ3) is 5.99. The molecule has 1 aliphatic heterocycles. The van der Waals surface area contributed by atoms with Crippen LogP contribution >= 0.6 is 0 Å². The van der Waals surface area contributed by atoms with E-state index in [1.165, 1.54) is 24.3 Å². The second kappa shape index (κ2) is 11.7. The van der Waals surface area contributed by atoms with E-state index in [1.54, 1.807) is 21.7 Å². The lowest BCUT2D eigenvalue weighted by molar-refractivity contribution is -0.137. The maximum absolute atomic E-state index is 13.7. The Hall–Kier alpha value is -4.80. The van der Waals surface area contributed by atoms with E-state index in [2.05, 4.69) is 4.90 Å². The summed E-state index contributed by atoms with van der Waals surface area (Å²) in [6.45, 7) is 5.79. The Morgan fingerprint density at radius 3 is 2.23 bits per heavy atom. The van der Waals surface area contributed by atoms with Gasteiger partial charge in [0.05, 0.1) is 22.3 Å². The lowest BCUT2D eigenvalue weighted by Crippen LogP contribution is -2.35. The molecule has 44 heavy (non-hydrogen) atoms. The molecule has 0 atom stereocenters. The third-order valence-corrected chi connectivity index (χ3v) is 7.83. The molecule has 7 nitrogen and oxygen atoms in total. The quantitative estimate of drug-likeness (QED) is 0.214. The van der Waals surface area contributed by atoms with Gasteiger partial charge in [-0.3, -0.25) is 4.79 Å². The summed E-state index contributed by atoms with van der Waals surface area (Å²) in [6.07, 6.45) is -3.34. The van der Waals surface area contributed by atoms with Gasteiger partial charge in [-0.1, -0.05) is 29.8 Å². The Balaban J connectivity index is 1.33. The fourth-order valence-corrected chi connectivity index (χ4v) is 5.48. The van der Waals surface area contributed by atoms with E-state index in [0.717, 1.165) is 28.6 Å². The molecule has 0 spiro atoms. The number of hydrogen-bond donors (Lipinski definition) is 0. The Kier molecular flexibility index (Phi) is 7.79. The SMILES string of the molecule is Cc1ccc(Cc2nc(N3CCCN(C(=O)c4ccc(C(F)(F)F)cc4)CC3)c3c(C)nn(-c4ccc(F)cc4)c3n2)cc1. The second-order valence-corrected chi connectivity index (χ2v) is 11.0. The van der Waals surface area contributed by atoms with Gasteiger partial charge in [0.25, 0.3) is 5.91 Å². The van der Waals surface area contributed by atoms with E-state index in [-0.39, 0.29) is 17.3 Å². The fourth-order valence-electron chi connectivity index (χ4n) is 5.48. The van der Waals surface area contributed by atoms with Crippen LogP contribution in [0.2, 0.25) is 0 Å². The molecule has 1 saturated heterocycles. The highest BCUT2D eigenvalue weighted by Gasteiger charge is 2.31. The van der Waals surface area contributed by atoms with E-state index in [1.807, 2.05) is 38.1 Å². The predicted molar refractivity (Wildman–Crippen MR) is 160 cm³/mol. The number of anilines is 1. The Morgan fingerprint density at radius 1 is 0.841 bits per heavy atom. The first-order valence-electron chi connectivity index (χ1n) is 14.4. The van der Waals surface area contributed by atoms with Crippen molar-refractivity contribution in [2.75, 3.05) is 31.1 Å². The van der Waals surface area contributed by atoms with Crippen LogP contribution in [-0.4, -0.2) is 56.7 Å². The maximum Gasteiger partial charge on any atom is 0.416 e. The van der Waals surface area contributed by atoms with Gasteiger partial charge in [-0.15, -0.1) is 0 Å². The summed E-state index contributed by atoms with van der Waals surface area (Å²) >= 11 is 0. The largest absolute Gasteiger partial charge is 0.416 e. The molecule has 0 bridgehead atoms. The average molecular weight is 603 g/mol. The molecule has 2 aromatic heterocycles. The standard InChI is InChI=1S/C33H30F4N6O/c1-21-4-6-23(7-5-21)20-28-38-30(29-22(2)40-43(31(29)39-28)27-14-12-26(34)13-15-27)41-16-3-17-42(19-18-41)32(44)24-8-10-25(11-9-24)33(35,36)37/h4-15H,3,16-20H2,1-2H3. The van der Waals surface area contributed by atoms with Crippen molar-refractivity contribution >= 4 is 22.8 Å². The van der Waals surface area contributed by atoms with E-state index < -0.39 is 11.7 Å². The molecular weight excluding hydrogens is 572 g/mol. The van der Waals surface area contributed by atoms with Gasteiger partial charge in [0.1, 0.15) is 17.5 Å². The van der Waals surface area contributed by atoms with Crippen LogP contribution in [0.3, 0.4) is 0 Å². The molecule has 226 valence electrons. The molecule has 0 aliphatic carbocycles. The normalized spacial score (nSPS) is 14.2. The minimum atomic E-state index is -4.46. The van der Waals surface area contributed by atoms with Crippen LogP contribution < -0.4 is 4.90 Å². The number of aromatic nitrogens is 4. The molecule has 0 radical (unpaired) electrons. The van der Waals surface area contributed by atoms with Gasteiger partial charge in [0.15, 0.2) is 5.65 Å². The average Bonchev–Trinajstić information content (AvgIpc) is 3.16. The van der Waals surface area contributed by atoms with Crippen molar-refractivity contribution in [1.29, 1.82) is 0 Å². The molecule has 0 saturated carbocycles. The van der Waals surface area contributed by atoms with Crippen molar-refractivity contribution < 1.29 is 22.4 Å². The van der Waals surface area contributed by atoms with Crippen molar-refractivity contribution in [2.24, 2.45) is 0 Å². The number of carbonyl (C=O) groups excluding carboxylic acids is 1. The number of carbonyl (C=O) groups is 1. The first-order valence-corrected chi connectivity index (χ1v) is 14.4. The van der Waals surface area contributed by atoms with Crippen molar-refractivity contribution in [3.05, 3.63) is 112 Å². The Labute approximate surface area is 251 Å². The summed E-state index contributed by atoms with van der Waals surface area (Å²) in [7, 11) is 0. The number of halogens is 4. The number of hydrogen-bond acceptors (Lipinski definition) is 5. The van der Waals surface area contributed by atoms with E-state index in [0.29, 0.717) is 67.7 Å². The van der Waals surface area contributed by atoms with Gasteiger partial charge < -0.3 is 9.80 Å². The lowest BCUT2D eigenvalue weighted by Gasteiger charge is -2.24. The molecule has 3 heterocycles. The van der Waals surface area contributed by atoms with E-state index >= 15 is 0 Å². The zero-order chi connectivity index (χ0) is 31.0. The molecule has 5 aromatic rings. The Morgan fingerprint density at radius 2 is 1.55 bits per heavy atom.